The van der Waals surface area contributed by atoms with Gasteiger partial charge in [-0.3, -0.25) is 14.0 Å². The number of aromatic nitrogens is 5. The van der Waals surface area contributed by atoms with Crippen LogP contribution in [0.5, 0.6) is 0 Å². The van der Waals surface area contributed by atoms with Crippen LogP contribution < -0.4 is 10.5 Å². The van der Waals surface area contributed by atoms with Gasteiger partial charge in [0.1, 0.15) is 23.6 Å². The fraction of sp³-hybridized carbons (Fsp3) is 0.333. The monoisotopic (exact) mass is 482 g/mol. The summed E-state index contributed by atoms with van der Waals surface area (Å²) >= 11 is 5.98. The van der Waals surface area contributed by atoms with Crippen LogP contribution >= 0.6 is 11.6 Å². The first-order valence-corrected chi connectivity index (χ1v) is 11.3. The van der Waals surface area contributed by atoms with Gasteiger partial charge in [-0.25, -0.2) is 14.4 Å². The summed E-state index contributed by atoms with van der Waals surface area (Å²) in [4.78, 5) is 24.8. The molecule has 8 nitrogen and oxygen atoms in total. The lowest BCUT2D eigenvalue weighted by Gasteiger charge is -2.38. The first kappa shape index (κ1) is 22.5. The quantitative estimate of drug-likeness (QED) is 0.442. The fourth-order valence-corrected chi connectivity index (χ4v) is 4.45. The van der Waals surface area contributed by atoms with E-state index < -0.39 is 5.82 Å². The minimum Gasteiger partial charge on any atom is -0.369 e. The average Bonchev–Trinajstić information content (AvgIpc) is 3.23. The van der Waals surface area contributed by atoms with E-state index in [-0.39, 0.29) is 39.4 Å². The van der Waals surface area contributed by atoms with E-state index in [1.54, 1.807) is 43.0 Å². The summed E-state index contributed by atoms with van der Waals surface area (Å²) in [6, 6.07) is 6.15. The molecule has 1 aromatic carbocycles. The van der Waals surface area contributed by atoms with Crippen molar-refractivity contribution in [1.82, 2.24) is 24.3 Å². The Labute approximate surface area is 200 Å². The van der Waals surface area contributed by atoms with Crippen molar-refractivity contribution in [1.29, 1.82) is 0 Å². The average molecular weight is 483 g/mol. The molecule has 0 N–H and O–H groups in total. The molecular formula is C24H24ClFN6O2. The zero-order chi connectivity index (χ0) is 24.1. The molecule has 1 aliphatic rings. The number of fused-ring (bicyclic) bond motifs is 1. The minimum atomic E-state index is -0.552. The van der Waals surface area contributed by atoms with Crippen molar-refractivity contribution in [2.24, 2.45) is 14.1 Å². The van der Waals surface area contributed by atoms with Crippen LogP contribution in [0.3, 0.4) is 0 Å². The van der Waals surface area contributed by atoms with E-state index in [2.05, 4.69) is 15.0 Å². The lowest BCUT2D eigenvalue weighted by molar-refractivity contribution is 0.0212. The van der Waals surface area contributed by atoms with Crippen molar-refractivity contribution in [2.75, 3.05) is 18.1 Å². The van der Waals surface area contributed by atoms with Crippen molar-refractivity contribution in [3.05, 3.63) is 69.2 Å². The van der Waals surface area contributed by atoms with E-state index in [1.807, 2.05) is 20.2 Å². The Hall–Kier alpha value is -3.30. The van der Waals surface area contributed by atoms with Crippen molar-refractivity contribution >= 4 is 28.3 Å². The van der Waals surface area contributed by atoms with Gasteiger partial charge in [0, 0.05) is 42.5 Å². The second-order valence-corrected chi connectivity index (χ2v) is 9.08. The van der Waals surface area contributed by atoms with Crippen LogP contribution in [-0.2, 0) is 18.8 Å². The van der Waals surface area contributed by atoms with Crippen molar-refractivity contribution < 1.29 is 9.13 Å². The molecule has 1 saturated heterocycles. The number of morpholine rings is 1. The SMILES string of the molecule is Cc1nc2cc(N3C[C@@H](c4cnn(C)c4)OC[C@@H]3C)nc(-c3ccc(Cl)cc3F)c2c(=O)n1C. The third-order valence-corrected chi connectivity index (χ3v) is 6.52. The zero-order valence-electron chi connectivity index (χ0n) is 19.3. The minimum absolute atomic E-state index is 0.00780. The number of nitrogens with zero attached hydrogens (tertiary/aromatic N) is 6. The predicted octanol–water partition coefficient (Wildman–Crippen LogP) is 3.80. The van der Waals surface area contributed by atoms with E-state index in [4.69, 9.17) is 21.3 Å². The van der Waals surface area contributed by atoms with Crippen LogP contribution in [0, 0.1) is 12.7 Å². The predicted molar refractivity (Wildman–Crippen MR) is 129 cm³/mol. The first-order valence-electron chi connectivity index (χ1n) is 10.9. The first-order chi connectivity index (χ1) is 16.2. The Bertz CT molecular complexity index is 1470. The zero-order valence-corrected chi connectivity index (χ0v) is 20.0. The molecule has 1 aliphatic heterocycles. The lowest BCUT2D eigenvalue weighted by atomic mass is 10.1. The van der Waals surface area contributed by atoms with Gasteiger partial charge in [0.25, 0.3) is 5.56 Å². The maximum Gasteiger partial charge on any atom is 0.263 e. The molecule has 0 radical (unpaired) electrons. The van der Waals surface area contributed by atoms with E-state index in [0.29, 0.717) is 30.3 Å². The Morgan fingerprint density at radius 1 is 1.21 bits per heavy atom. The van der Waals surface area contributed by atoms with E-state index in [9.17, 15) is 4.79 Å². The number of hydrogen-bond acceptors (Lipinski definition) is 6. The van der Waals surface area contributed by atoms with Gasteiger partial charge in [-0.15, -0.1) is 0 Å². The maximum absolute atomic E-state index is 15.0. The van der Waals surface area contributed by atoms with Crippen LogP contribution in [0.2, 0.25) is 5.02 Å². The molecule has 0 unspecified atom stereocenters. The number of rotatable bonds is 3. The third kappa shape index (κ3) is 3.84. The topological polar surface area (TPSA) is 78.1 Å². The van der Waals surface area contributed by atoms with E-state index in [1.165, 1.54) is 10.6 Å². The van der Waals surface area contributed by atoms with Gasteiger partial charge in [0.15, 0.2) is 0 Å². The Kier molecular flexibility index (Phi) is 5.61. The number of pyridine rings is 1. The van der Waals surface area contributed by atoms with Gasteiger partial charge in [0.05, 0.1) is 42.0 Å². The Morgan fingerprint density at radius 3 is 2.71 bits per heavy atom. The molecule has 0 amide bonds. The summed E-state index contributed by atoms with van der Waals surface area (Å²) in [5, 5.41) is 4.79. The second kappa shape index (κ2) is 8.48. The molecule has 34 heavy (non-hydrogen) atoms. The van der Waals surface area contributed by atoms with Crippen LogP contribution in [0.4, 0.5) is 10.2 Å². The normalized spacial score (nSPS) is 18.6. The highest BCUT2D eigenvalue weighted by Gasteiger charge is 2.30. The molecule has 0 spiro atoms. The Balaban J connectivity index is 1.70. The molecule has 5 rings (SSSR count). The Morgan fingerprint density at radius 2 is 2.00 bits per heavy atom. The molecule has 0 saturated carbocycles. The third-order valence-electron chi connectivity index (χ3n) is 6.28. The van der Waals surface area contributed by atoms with Crippen molar-refractivity contribution in [3.8, 4) is 11.3 Å². The van der Waals surface area contributed by atoms with Gasteiger partial charge >= 0.3 is 0 Å². The second-order valence-electron chi connectivity index (χ2n) is 8.64. The number of ether oxygens (including phenoxy) is 1. The molecule has 0 aliphatic carbocycles. The van der Waals surface area contributed by atoms with Crippen LogP contribution in [-0.4, -0.2) is 43.5 Å². The van der Waals surface area contributed by atoms with Crippen molar-refractivity contribution in [2.45, 2.75) is 26.0 Å². The summed E-state index contributed by atoms with van der Waals surface area (Å²) in [6.07, 6.45) is 3.52. The molecule has 3 aromatic heterocycles. The molecular weight excluding hydrogens is 459 g/mol. The fourth-order valence-electron chi connectivity index (χ4n) is 4.29. The van der Waals surface area contributed by atoms with E-state index >= 15 is 4.39 Å². The summed E-state index contributed by atoms with van der Waals surface area (Å²) in [5.74, 6) is 0.603. The van der Waals surface area contributed by atoms with Gasteiger partial charge in [0.2, 0.25) is 0 Å². The van der Waals surface area contributed by atoms with Gasteiger partial charge in [-0.1, -0.05) is 11.6 Å². The van der Waals surface area contributed by atoms with Crippen LogP contribution in [0.15, 0.2) is 41.5 Å². The lowest BCUT2D eigenvalue weighted by Crippen LogP contribution is -2.45. The highest BCUT2D eigenvalue weighted by Crippen LogP contribution is 2.34. The number of anilines is 1. The molecule has 4 heterocycles. The van der Waals surface area contributed by atoms with Crippen LogP contribution in [0.1, 0.15) is 24.4 Å². The van der Waals surface area contributed by atoms with Gasteiger partial charge < -0.3 is 9.64 Å². The number of aryl methyl sites for hydroxylation is 2. The summed E-state index contributed by atoms with van der Waals surface area (Å²) in [5.41, 5.74) is 1.59. The van der Waals surface area contributed by atoms with Crippen LogP contribution in [0.25, 0.3) is 22.2 Å². The van der Waals surface area contributed by atoms with Crippen molar-refractivity contribution in [3.63, 3.8) is 0 Å². The standard InChI is InChI=1S/C24H24ClFN6O2/c1-13-12-34-20(15-9-27-30(3)10-15)11-32(13)21-8-19-22(24(33)31(4)14(2)28-19)23(29-21)17-6-5-16(25)7-18(17)26/h5-10,13,20H,11-12H2,1-4H3/t13-,20-/m0/s1. The van der Waals surface area contributed by atoms with Gasteiger partial charge in [-0.2, -0.15) is 5.10 Å². The largest absolute Gasteiger partial charge is 0.369 e. The highest BCUT2D eigenvalue weighted by atomic mass is 35.5. The van der Waals surface area contributed by atoms with E-state index in [0.717, 1.165) is 5.56 Å². The molecule has 1 fully saturated rings. The molecule has 176 valence electrons. The summed E-state index contributed by atoms with van der Waals surface area (Å²) < 4.78 is 24.3. The summed E-state index contributed by atoms with van der Waals surface area (Å²) in [7, 11) is 3.50. The summed E-state index contributed by atoms with van der Waals surface area (Å²) in [6.45, 7) is 4.81. The highest BCUT2D eigenvalue weighted by molar-refractivity contribution is 6.30. The molecule has 10 heteroatoms. The number of benzene rings is 1. The molecule has 0 bridgehead atoms. The molecule has 4 aromatic rings. The van der Waals surface area contributed by atoms with Gasteiger partial charge in [-0.05, 0) is 32.0 Å². The number of halogens is 2. The maximum atomic E-state index is 15.0. The molecule has 2 atom stereocenters. The smallest absolute Gasteiger partial charge is 0.263 e. The number of hydrogen-bond donors (Lipinski definition) is 0.